The molecule has 2 rings (SSSR count). The molecule has 2 aromatic rings. The lowest BCUT2D eigenvalue weighted by atomic mass is 10.1. The van der Waals surface area contributed by atoms with E-state index in [0.717, 1.165) is 5.56 Å². The smallest absolute Gasteiger partial charge is 0.250 e. The third-order valence-electron chi connectivity index (χ3n) is 2.80. The van der Waals surface area contributed by atoms with Crippen molar-refractivity contribution in [3.8, 4) is 0 Å². The molecular weight excluding hydrogens is 282 g/mol. The standard InChI is InChI=1S/C13H14ClN3OS/c1-7-5-19-6-8(7)4-17-12-10(13(16)18)2-9(15)3-11(12)14/h2-3,5-6,17H,4,15H2,1H3,(H2,16,18). The lowest BCUT2D eigenvalue weighted by Gasteiger charge is -2.13. The molecule has 1 amide bonds. The number of thiophene rings is 1. The van der Waals surface area contributed by atoms with Crippen LogP contribution in [0.4, 0.5) is 11.4 Å². The number of benzene rings is 1. The Hall–Kier alpha value is -1.72. The molecule has 100 valence electrons. The number of hydrogen-bond acceptors (Lipinski definition) is 4. The molecule has 5 N–H and O–H groups in total. The van der Waals surface area contributed by atoms with Gasteiger partial charge in [-0.15, -0.1) is 0 Å². The number of nitrogen functional groups attached to an aromatic ring is 1. The van der Waals surface area contributed by atoms with Crippen LogP contribution in [0.3, 0.4) is 0 Å². The fourth-order valence-electron chi connectivity index (χ4n) is 1.75. The van der Waals surface area contributed by atoms with Crippen LogP contribution < -0.4 is 16.8 Å². The van der Waals surface area contributed by atoms with Crippen molar-refractivity contribution in [1.29, 1.82) is 0 Å². The van der Waals surface area contributed by atoms with E-state index in [2.05, 4.69) is 16.1 Å². The summed E-state index contributed by atoms with van der Waals surface area (Å²) in [5.74, 6) is -0.557. The van der Waals surface area contributed by atoms with Gasteiger partial charge in [-0.3, -0.25) is 4.79 Å². The lowest BCUT2D eigenvalue weighted by Crippen LogP contribution is -2.15. The van der Waals surface area contributed by atoms with Crippen LogP contribution in [-0.2, 0) is 6.54 Å². The third-order valence-corrected chi connectivity index (χ3v) is 4.00. The van der Waals surface area contributed by atoms with Gasteiger partial charge in [-0.2, -0.15) is 11.3 Å². The van der Waals surface area contributed by atoms with Gasteiger partial charge in [0.2, 0.25) is 0 Å². The van der Waals surface area contributed by atoms with Crippen LogP contribution in [-0.4, -0.2) is 5.91 Å². The predicted octanol–water partition coefficient (Wildman–Crippen LogP) is 3.00. The van der Waals surface area contributed by atoms with Crippen molar-refractivity contribution in [1.82, 2.24) is 0 Å². The molecule has 0 saturated heterocycles. The Kier molecular flexibility index (Phi) is 3.97. The van der Waals surface area contributed by atoms with Crippen LogP contribution in [0.1, 0.15) is 21.5 Å². The van der Waals surface area contributed by atoms with E-state index in [-0.39, 0.29) is 0 Å². The van der Waals surface area contributed by atoms with E-state index < -0.39 is 5.91 Å². The summed E-state index contributed by atoms with van der Waals surface area (Å²) >= 11 is 7.74. The zero-order chi connectivity index (χ0) is 14.0. The number of nitrogens with one attached hydrogen (secondary N) is 1. The first kappa shape index (κ1) is 13.7. The minimum atomic E-state index is -0.557. The van der Waals surface area contributed by atoms with Crippen LogP contribution in [0, 0.1) is 6.92 Å². The van der Waals surface area contributed by atoms with Crippen LogP contribution in [0.2, 0.25) is 5.02 Å². The summed E-state index contributed by atoms with van der Waals surface area (Å²) < 4.78 is 0. The van der Waals surface area contributed by atoms with Crippen LogP contribution in [0.5, 0.6) is 0 Å². The highest BCUT2D eigenvalue weighted by molar-refractivity contribution is 7.08. The van der Waals surface area contributed by atoms with Gasteiger partial charge >= 0.3 is 0 Å². The molecule has 6 heteroatoms. The summed E-state index contributed by atoms with van der Waals surface area (Å²) in [6.07, 6.45) is 0. The quantitative estimate of drug-likeness (QED) is 0.758. The summed E-state index contributed by atoms with van der Waals surface area (Å²) in [6.45, 7) is 2.62. The topological polar surface area (TPSA) is 81.1 Å². The Morgan fingerprint density at radius 1 is 1.42 bits per heavy atom. The van der Waals surface area contributed by atoms with Crippen molar-refractivity contribution < 1.29 is 4.79 Å². The van der Waals surface area contributed by atoms with Gasteiger partial charge < -0.3 is 16.8 Å². The molecule has 0 aliphatic rings. The van der Waals surface area contributed by atoms with E-state index in [9.17, 15) is 4.79 Å². The third kappa shape index (κ3) is 3.00. The summed E-state index contributed by atoms with van der Waals surface area (Å²) in [6, 6.07) is 3.12. The number of rotatable bonds is 4. The van der Waals surface area contributed by atoms with E-state index in [0.29, 0.717) is 28.5 Å². The molecule has 1 heterocycles. The number of halogens is 1. The molecule has 19 heavy (non-hydrogen) atoms. The number of hydrogen-bond donors (Lipinski definition) is 3. The number of carbonyl (C=O) groups is 1. The van der Waals surface area contributed by atoms with Crippen molar-refractivity contribution in [2.75, 3.05) is 11.1 Å². The first-order valence-corrected chi connectivity index (χ1v) is 6.95. The predicted molar refractivity (Wildman–Crippen MR) is 80.8 cm³/mol. The van der Waals surface area contributed by atoms with Gasteiger partial charge in [0.25, 0.3) is 5.91 Å². The fourth-order valence-corrected chi connectivity index (χ4v) is 2.90. The highest BCUT2D eigenvalue weighted by Gasteiger charge is 2.13. The molecule has 1 aromatic carbocycles. The molecule has 0 unspecified atom stereocenters. The van der Waals surface area contributed by atoms with Crippen molar-refractivity contribution in [3.05, 3.63) is 44.6 Å². The zero-order valence-corrected chi connectivity index (χ0v) is 11.9. The second-order valence-corrected chi connectivity index (χ2v) is 5.37. The molecule has 0 atom stereocenters. The van der Waals surface area contributed by atoms with E-state index in [4.69, 9.17) is 23.1 Å². The van der Waals surface area contributed by atoms with Crippen molar-refractivity contribution >= 4 is 40.2 Å². The molecule has 0 saturated carbocycles. The summed E-state index contributed by atoms with van der Waals surface area (Å²) in [4.78, 5) is 11.4. The zero-order valence-electron chi connectivity index (χ0n) is 10.4. The number of primary amides is 1. The number of amides is 1. The van der Waals surface area contributed by atoms with E-state index in [1.807, 2.05) is 6.92 Å². The molecule has 0 radical (unpaired) electrons. The van der Waals surface area contributed by atoms with Crippen LogP contribution in [0.25, 0.3) is 0 Å². The largest absolute Gasteiger partial charge is 0.399 e. The molecule has 0 bridgehead atoms. The van der Waals surface area contributed by atoms with Crippen molar-refractivity contribution in [2.24, 2.45) is 5.73 Å². The maximum absolute atomic E-state index is 11.4. The second kappa shape index (κ2) is 5.50. The maximum Gasteiger partial charge on any atom is 0.250 e. The van der Waals surface area contributed by atoms with Crippen molar-refractivity contribution in [2.45, 2.75) is 13.5 Å². The Bertz CT molecular complexity index is 624. The number of nitrogens with two attached hydrogens (primary N) is 2. The van der Waals surface area contributed by atoms with E-state index in [1.54, 1.807) is 17.4 Å². The van der Waals surface area contributed by atoms with Gasteiger partial charge in [0, 0.05) is 12.2 Å². The SMILES string of the molecule is Cc1cscc1CNc1c(Cl)cc(N)cc1C(N)=O. The Balaban J connectivity index is 2.29. The van der Waals surface area contributed by atoms with Gasteiger partial charge in [0.05, 0.1) is 16.3 Å². The minimum Gasteiger partial charge on any atom is -0.399 e. The molecular formula is C13H14ClN3OS. The molecule has 0 fully saturated rings. The monoisotopic (exact) mass is 295 g/mol. The first-order valence-electron chi connectivity index (χ1n) is 5.63. The minimum absolute atomic E-state index is 0.304. The maximum atomic E-state index is 11.4. The lowest BCUT2D eigenvalue weighted by molar-refractivity contribution is 0.100. The summed E-state index contributed by atoms with van der Waals surface area (Å²) in [5, 5.41) is 7.66. The Morgan fingerprint density at radius 2 is 2.16 bits per heavy atom. The van der Waals surface area contributed by atoms with Gasteiger partial charge in [0.1, 0.15) is 0 Å². The van der Waals surface area contributed by atoms with Gasteiger partial charge in [-0.05, 0) is 40.9 Å². The highest BCUT2D eigenvalue weighted by Crippen LogP contribution is 2.29. The molecule has 1 aromatic heterocycles. The van der Waals surface area contributed by atoms with E-state index in [1.165, 1.54) is 11.6 Å². The molecule has 0 spiro atoms. The summed E-state index contributed by atoms with van der Waals surface area (Å²) in [7, 11) is 0. The normalized spacial score (nSPS) is 10.4. The van der Waals surface area contributed by atoms with Gasteiger partial charge in [-0.25, -0.2) is 0 Å². The fraction of sp³-hybridized carbons (Fsp3) is 0.154. The second-order valence-electron chi connectivity index (χ2n) is 4.22. The molecule has 0 aliphatic carbocycles. The summed E-state index contributed by atoms with van der Waals surface area (Å²) in [5.41, 5.74) is 14.6. The van der Waals surface area contributed by atoms with Gasteiger partial charge in [0.15, 0.2) is 0 Å². The average molecular weight is 296 g/mol. The van der Waals surface area contributed by atoms with Gasteiger partial charge in [-0.1, -0.05) is 11.6 Å². The van der Waals surface area contributed by atoms with E-state index >= 15 is 0 Å². The number of anilines is 2. The number of aryl methyl sites for hydroxylation is 1. The van der Waals surface area contributed by atoms with Crippen LogP contribution >= 0.6 is 22.9 Å². The van der Waals surface area contributed by atoms with Crippen molar-refractivity contribution in [3.63, 3.8) is 0 Å². The Labute approximate surface area is 120 Å². The Morgan fingerprint density at radius 3 is 2.74 bits per heavy atom. The average Bonchev–Trinajstić information content (AvgIpc) is 2.73. The highest BCUT2D eigenvalue weighted by atomic mass is 35.5. The molecule has 4 nitrogen and oxygen atoms in total. The van der Waals surface area contributed by atoms with Crippen LogP contribution in [0.15, 0.2) is 22.9 Å². The molecule has 0 aliphatic heterocycles. The number of carbonyl (C=O) groups excluding carboxylic acids is 1. The first-order chi connectivity index (χ1) is 8.99.